The van der Waals surface area contributed by atoms with Crippen LogP contribution in [0.2, 0.25) is 10.0 Å². The Morgan fingerprint density at radius 1 is 1.11 bits per heavy atom. The molecule has 3 aromatic carbocycles. The summed E-state index contributed by atoms with van der Waals surface area (Å²) < 4.78 is 12.0. The molecule has 0 spiro atoms. The van der Waals surface area contributed by atoms with Gasteiger partial charge in [0.2, 0.25) is 6.10 Å². The van der Waals surface area contributed by atoms with Crippen molar-refractivity contribution < 1.29 is 24.2 Å². The van der Waals surface area contributed by atoms with Gasteiger partial charge >= 0.3 is 5.97 Å². The number of nitrogens with one attached hydrogen (secondary N) is 1. The smallest absolute Gasteiger partial charge is 0.321 e. The molecule has 35 heavy (non-hydrogen) atoms. The van der Waals surface area contributed by atoms with Crippen LogP contribution in [0.1, 0.15) is 28.4 Å². The minimum absolute atomic E-state index is 0.203. The maximum Gasteiger partial charge on any atom is 0.321 e. The first kappa shape index (κ1) is 23.5. The number of benzene rings is 3. The van der Waals surface area contributed by atoms with Crippen molar-refractivity contribution in [2.75, 3.05) is 11.9 Å². The Hall–Kier alpha value is -3.26. The number of ether oxygens (including phenoxy) is 2. The van der Waals surface area contributed by atoms with Crippen molar-refractivity contribution in [3.8, 4) is 11.5 Å². The Balaban J connectivity index is 1.32. The number of rotatable bonds is 5. The maximum atomic E-state index is 13.1. The van der Waals surface area contributed by atoms with E-state index in [9.17, 15) is 14.7 Å². The Morgan fingerprint density at radius 3 is 2.60 bits per heavy atom. The van der Waals surface area contributed by atoms with Crippen LogP contribution in [0.4, 0.5) is 5.69 Å². The molecule has 180 valence electrons. The second-order valence-corrected chi connectivity index (χ2v) is 9.38. The first-order valence-corrected chi connectivity index (χ1v) is 11.8. The molecule has 0 unspecified atom stereocenters. The predicted octanol–water partition coefficient (Wildman–Crippen LogP) is 4.77. The molecule has 7 nitrogen and oxygen atoms in total. The molecule has 2 atom stereocenters. The average molecular weight is 513 g/mol. The van der Waals surface area contributed by atoms with Crippen LogP contribution in [0.15, 0.2) is 54.6 Å². The highest BCUT2D eigenvalue weighted by Gasteiger charge is 2.35. The van der Waals surface area contributed by atoms with Gasteiger partial charge in [-0.15, -0.1) is 0 Å². The number of carbonyl (C=O) groups is 2. The Bertz CT molecular complexity index is 1310. The Kier molecular flexibility index (Phi) is 6.32. The van der Waals surface area contributed by atoms with Crippen molar-refractivity contribution in [3.05, 3.63) is 86.9 Å². The summed E-state index contributed by atoms with van der Waals surface area (Å²) in [7, 11) is 1.70. The zero-order chi connectivity index (χ0) is 24.7. The summed E-state index contributed by atoms with van der Waals surface area (Å²) >= 11 is 12.0. The van der Waals surface area contributed by atoms with Crippen LogP contribution in [0.25, 0.3) is 0 Å². The molecule has 1 amide bonds. The lowest BCUT2D eigenvalue weighted by atomic mass is 9.93. The molecule has 2 aliphatic rings. The van der Waals surface area contributed by atoms with E-state index in [0.717, 1.165) is 16.7 Å². The number of hydrogen-bond acceptors (Lipinski definition) is 5. The number of fused-ring (bicyclic) bond motifs is 2. The van der Waals surface area contributed by atoms with Crippen LogP contribution >= 0.6 is 23.2 Å². The summed E-state index contributed by atoms with van der Waals surface area (Å²) in [6.07, 6.45) is -0.439. The van der Waals surface area contributed by atoms with Gasteiger partial charge in [-0.2, -0.15) is 0 Å². The number of aliphatic carboxylic acids is 1. The molecule has 5 rings (SSSR count). The van der Waals surface area contributed by atoms with Crippen LogP contribution in [0, 0.1) is 0 Å². The molecule has 0 aliphatic carbocycles. The SMILES string of the molecule is CN1C(=O)[C@@H](c2ccc(OCc3ccc(Cl)c(Cl)c3)cc2)Oc2cc3c(cc21)C[C@@H](C(=O)O)NC3. The second-order valence-electron chi connectivity index (χ2n) is 8.57. The summed E-state index contributed by atoms with van der Waals surface area (Å²) in [6.45, 7) is 0.753. The minimum atomic E-state index is -0.890. The quantitative estimate of drug-likeness (QED) is 0.511. The molecule has 2 heterocycles. The van der Waals surface area contributed by atoms with Gasteiger partial charge in [0, 0.05) is 19.2 Å². The van der Waals surface area contributed by atoms with Crippen LogP contribution in [-0.2, 0) is 29.2 Å². The minimum Gasteiger partial charge on any atom is -0.489 e. The van der Waals surface area contributed by atoms with Crippen LogP contribution in [-0.4, -0.2) is 30.1 Å². The topological polar surface area (TPSA) is 88.1 Å². The fourth-order valence-corrected chi connectivity index (χ4v) is 4.60. The molecule has 0 radical (unpaired) electrons. The average Bonchev–Trinajstić information content (AvgIpc) is 2.86. The predicted molar refractivity (Wildman–Crippen MR) is 132 cm³/mol. The summed E-state index contributed by atoms with van der Waals surface area (Å²) in [5.74, 6) is 0.139. The first-order chi connectivity index (χ1) is 16.8. The maximum absolute atomic E-state index is 13.1. The van der Waals surface area contributed by atoms with E-state index in [4.69, 9.17) is 32.7 Å². The molecule has 2 N–H and O–H groups in total. The summed E-state index contributed by atoms with van der Waals surface area (Å²) in [6, 6.07) is 15.6. The van der Waals surface area contributed by atoms with Gasteiger partial charge in [-0.3, -0.25) is 9.59 Å². The zero-order valence-electron chi connectivity index (χ0n) is 18.8. The van der Waals surface area contributed by atoms with E-state index < -0.39 is 18.1 Å². The highest BCUT2D eigenvalue weighted by atomic mass is 35.5. The van der Waals surface area contributed by atoms with Crippen molar-refractivity contribution in [2.24, 2.45) is 0 Å². The number of nitrogens with zero attached hydrogens (tertiary/aromatic N) is 1. The van der Waals surface area contributed by atoms with Crippen LogP contribution in [0.5, 0.6) is 11.5 Å². The number of anilines is 1. The van der Waals surface area contributed by atoms with Gasteiger partial charge in [0.25, 0.3) is 5.91 Å². The normalized spacial score (nSPS) is 18.9. The number of likely N-dealkylation sites (N-methyl/N-ethyl adjacent to an activating group) is 1. The molecular weight excluding hydrogens is 491 g/mol. The number of carboxylic acid groups (broad SMARTS) is 1. The van der Waals surface area contributed by atoms with Gasteiger partial charge in [-0.25, -0.2) is 0 Å². The van der Waals surface area contributed by atoms with E-state index in [-0.39, 0.29) is 5.91 Å². The molecule has 0 saturated carbocycles. The second kappa shape index (κ2) is 9.41. The third-order valence-electron chi connectivity index (χ3n) is 6.28. The number of hydrogen-bond donors (Lipinski definition) is 2. The standard InChI is InChI=1S/C26H22Cl2N2O5/c1-30-22-10-16-9-21(26(32)33)29-12-17(16)11-23(22)35-24(25(30)31)15-3-5-18(6-4-15)34-13-14-2-7-19(27)20(28)8-14/h2-8,10-11,21,24,29H,9,12-13H2,1H3,(H,32,33)/t21-,24+/m0/s1. The van der Waals surface area contributed by atoms with E-state index in [1.807, 2.05) is 30.3 Å². The van der Waals surface area contributed by atoms with Gasteiger partial charge in [0.15, 0.2) is 0 Å². The fourth-order valence-electron chi connectivity index (χ4n) is 4.28. The third kappa shape index (κ3) is 4.67. The van der Waals surface area contributed by atoms with Crippen molar-refractivity contribution in [1.82, 2.24) is 5.32 Å². The van der Waals surface area contributed by atoms with Crippen molar-refractivity contribution in [2.45, 2.75) is 31.7 Å². The highest BCUT2D eigenvalue weighted by Crippen LogP contribution is 2.41. The lowest BCUT2D eigenvalue weighted by Crippen LogP contribution is -2.42. The molecule has 0 bridgehead atoms. The largest absolute Gasteiger partial charge is 0.489 e. The van der Waals surface area contributed by atoms with Gasteiger partial charge in [0.05, 0.1) is 15.7 Å². The summed E-state index contributed by atoms with van der Waals surface area (Å²) in [5, 5.41) is 13.3. The summed E-state index contributed by atoms with van der Waals surface area (Å²) in [4.78, 5) is 26.1. The Labute approximate surface area is 212 Å². The van der Waals surface area contributed by atoms with Gasteiger partial charge in [0.1, 0.15) is 24.1 Å². The number of amides is 1. The van der Waals surface area contributed by atoms with Gasteiger partial charge in [-0.1, -0.05) is 41.4 Å². The van der Waals surface area contributed by atoms with Crippen LogP contribution in [0.3, 0.4) is 0 Å². The van der Waals surface area contributed by atoms with E-state index in [2.05, 4.69) is 5.32 Å². The first-order valence-electron chi connectivity index (χ1n) is 11.0. The third-order valence-corrected chi connectivity index (χ3v) is 7.01. The zero-order valence-corrected chi connectivity index (χ0v) is 20.3. The lowest BCUT2D eigenvalue weighted by Gasteiger charge is -2.34. The summed E-state index contributed by atoms with van der Waals surface area (Å²) in [5.41, 5.74) is 4.10. The molecule has 0 fully saturated rings. The van der Waals surface area contributed by atoms with E-state index >= 15 is 0 Å². The molecular formula is C26H22Cl2N2O5. The lowest BCUT2D eigenvalue weighted by molar-refractivity contribution is -0.139. The van der Waals surface area contributed by atoms with Gasteiger partial charge < -0.3 is 24.8 Å². The van der Waals surface area contributed by atoms with E-state index in [1.54, 1.807) is 36.2 Å². The fraction of sp³-hybridized carbons (Fsp3) is 0.231. The number of carbonyl (C=O) groups excluding carboxylic acids is 1. The van der Waals surface area contributed by atoms with Crippen LogP contribution < -0.4 is 19.7 Å². The molecule has 2 aliphatic heterocycles. The Morgan fingerprint density at radius 2 is 1.89 bits per heavy atom. The van der Waals surface area contributed by atoms with E-state index in [0.29, 0.717) is 52.4 Å². The van der Waals surface area contributed by atoms with E-state index in [1.165, 1.54) is 0 Å². The monoisotopic (exact) mass is 512 g/mol. The van der Waals surface area contributed by atoms with Crippen molar-refractivity contribution >= 4 is 40.8 Å². The molecule has 0 saturated heterocycles. The van der Waals surface area contributed by atoms with Crippen molar-refractivity contribution in [1.29, 1.82) is 0 Å². The molecule has 9 heteroatoms. The molecule has 3 aromatic rings. The molecule has 0 aromatic heterocycles. The number of halogens is 2. The van der Waals surface area contributed by atoms with Gasteiger partial charge in [-0.05, 0) is 59.5 Å². The van der Waals surface area contributed by atoms with Crippen molar-refractivity contribution in [3.63, 3.8) is 0 Å². The highest BCUT2D eigenvalue weighted by molar-refractivity contribution is 6.42. The number of carboxylic acids is 1.